The maximum atomic E-state index is 12.1. The molecular formula is C16H23BrN2O. The highest BCUT2D eigenvalue weighted by Crippen LogP contribution is 2.17. The Morgan fingerprint density at radius 3 is 2.55 bits per heavy atom. The molecule has 1 N–H and O–H groups in total. The van der Waals surface area contributed by atoms with Crippen LogP contribution in [0.15, 0.2) is 28.7 Å². The second kappa shape index (κ2) is 7.23. The Hall–Kier alpha value is -0.870. The maximum absolute atomic E-state index is 12.1. The number of benzene rings is 1. The number of hydrogen-bond acceptors (Lipinski definition) is 2. The van der Waals surface area contributed by atoms with Crippen LogP contribution in [0.1, 0.15) is 38.3 Å². The van der Waals surface area contributed by atoms with Crippen LogP contribution in [0.5, 0.6) is 0 Å². The fourth-order valence-electron chi connectivity index (χ4n) is 2.55. The van der Waals surface area contributed by atoms with Crippen molar-refractivity contribution in [2.24, 2.45) is 5.92 Å². The largest absolute Gasteiger partial charge is 0.348 e. The van der Waals surface area contributed by atoms with E-state index < -0.39 is 0 Å². The molecule has 20 heavy (non-hydrogen) atoms. The van der Waals surface area contributed by atoms with Gasteiger partial charge in [0.15, 0.2) is 0 Å². The first-order valence-corrected chi connectivity index (χ1v) is 8.11. The smallest absolute Gasteiger partial charge is 0.234 e. The Labute approximate surface area is 129 Å². The minimum atomic E-state index is 0.0549. The lowest BCUT2D eigenvalue weighted by atomic mass is 9.99. The molecule has 110 valence electrons. The molecule has 1 atom stereocenters. The summed E-state index contributed by atoms with van der Waals surface area (Å²) in [6.45, 7) is 6.92. The standard InChI is InChI=1S/C16H23BrN2O/c1-12-7-9-19(10-8-12)11-16(20)18-13(2)14-3-5-15(17)6-4-14/h3-6,12-13H,7-11H2,1-2H3,(H,18,20)/t13-/m1/s1. The molecule has 1 aliphatic rings. The molecule has 0 unspecified atom stereocenters. The van der Waals surface area contributed by atoms with E-state index in [0.29, 0.717) is 6.54 Å². The molecule has 0 radical (unpaired) electrons. The van der Waals surface area contributed by atoms with E-state index in [1.165, 1.54) is 12.8 Å². The molecular weight excluding hydrogens is 316 g/mol. The van der Waals surface area contributed by atoms with E-state index in [2.05, 4.69) is 33.1 Å². The van der Waals surface area contributed by atoms with Gasteiger partial charge in [0.1, 0.15) is 0 Å². The highest BCUT2D eigenvalue weighted by Gasteiger charge is 2.18. The molecule has 0 bridgehead atoms. The first kappa shape index (κ1) is 15.5. The van der Waals surface area contributed by atoms with Crippen LogP contribution in [0.3, 0.4) is 0 Å². The van der Waals surface area contributed by atoms with Crippen molar-refractivity contribution in [1.29, 1.82) is 0 Å². The molecule has 4 heteroatoms. The zero-order valence-corrected chi connectivity index (χ0v) is 13.8. The zero-order valence-electron chi connectivity index (χ0n) is 12.2. The molecule has 1 aliphatic heterocycles. The Balaban J connectivity index is 1.80. The monoisotopic (exact) mass is 338 g/mol. The van der Waals surface area contributed by atoms with Crippen LogP contribution in [-0.2, 0) is 4.79 Å². The highest BCUT2D eigenvalue weighted by atomic mass is 79.9. The molecule has 0 spiro atoms. The molecule has 3 nitrogen and oxygen atoms in total. The number of nitrogens with one attached hydrogen (secondary N) is 1. The lowest BCUT2D eigenvalue weighted by Gasteiger charge is -2.30. The van der Waals surface area contributed by atoms with E-state index >= 15 is 0 Å². The molecule has 1 heterocycles. The Morgan fingerprint density at radius 1 is 1.35 bits per heavy atom. The molecule has 2 rings (SSSR count). The summed E-state index contributed by atoms with van der Waals surface area (Å²) in [5, 5.41) is 3.08. The van der Waals surface area contributed by atoms with Gasteiger partial charge in [-0.2, -0.15) is 0 Å². The van der Waals surface area contributed by atoms with Crippen molar-refractivity contribution in [3.8, 4) is 0 Å². The summed E-state index contributed by atoms with van der Waals surface area (Å²) in [5.74, 6) is 0.922. The molecule has 1 aromatic rings. The fraction of sp³-hybridized carbons (Fsp3) is 0.562. The predicted octanol–water partition coefficient (Wildman–Crippen LogP) is 3.36. The summed E-state index contributed by atoms with van der Waals surface area (Å²) in [7, 11) is 0. The van der Waals surface area contributed by atoms with E-state index in [0.717, 1.165) is 29.0 Å². The van der Waals surface area contributed by atoms with Gasteiger partial charge in [0.25, 0.3) is 0 Å². The molecule has 0 aliphatic carbocycles. The van der Waals surface area contributed by atoms with E-state index in [4.69, 9.17) is 0 Å². The normalized spacial score (nSPS) is 18.8. The van der Waals surface area contributed by atoms with E-state index in [1.807, 2.05) is 31.2 Å². The maximum Gasteiger partial charge on any atom is 0.234 e. The van der Waals surface area contributed by atoms with Crippen LogP contribution in [0, 0.1) is 5.92 Å². The van der Waals surface area contributed by atoms with Crippen molar-refractivity contribution >= 4 is 21.8 Å². The second-order valence-corrected chi connectivity index (χ2v) is 6.72. The fourth-order valence-corrected chi connectivity index (χ4v) is 2.81. The number of carbonyl (C=O) groups is 1. The SMILES string of the molecule is CC1CCN(CC(=O)N[C@H](C)c2ccc(Br)cc2)CC1. The molecule has 1 amide bonds. The van der Waals surface area contributed by atoms with Gasteiger partial charge in [-0.1, -0.05) is 35.0 Å². The molecule has 0 aromatic heterocycles. The van der Waals surface area contributed by atoms with Crippen LogP contribution in [-0.4, -0.2) is 30.4 Å². The van der Waals surface area contributed by atoms with Gasteiger partial charge < -0.3 is 5.32 Å². The molecule has 1 aromatic carbocycles. The van der Waals surface area contributed by atoms with Gasteiger partial charge in [0.05, 0.1) is 12.6 Å². The topological polar surface area (TPSA) is 32.3 Å². The number of rotatable bonds is 4. The van der Waals surface area contributed by atoms with Crippen molar-refractivity contribution in [2.75, 3.05) is 19.6 Å². The van der Waals surface area contributed by atoms with Crippen LogP contribution < -0.4 is 5.32 Å². The molecule has 1 saturated heterocycles. The van der Waals surface area contributed by atoms with Gasteiger partial charge in [-0.3, -0.25) is 9.69 Å². The highest BCUT2D eigenvalue weighted by molar-refractivity contribution is 9.10. The third-order valence-electron chi connectivity index (χ3n) is 3.99. The minimum Gasteiger partial charge on any atom is -0.348 e. The number of likely N-dealkylation sites (tertiary alicyclic amines) is 1. The summed E-state index contributed by atoms with van der Waals surface area (Å²) in [6.07, 6.45) is 2.41. The Bertz CT molecular complexity index is 438. The van der Waals surface area contributed by atoms with Crippen molar-refractivity contribution in [2.45, 2.75) is 32.7 Å². The van der Waals surface area contributed by atoms with Gasteiger partial charge in [-0.25, -0.2) is 0 Å². The first-order valence-electron chi connectivity index (χ1n) is 7.32. The van der Waals surface area contributed by atoms with Crippen LogP contribution in [0.25, 0.3) is 0 Å². The van der Waals surface area contributed by atoms with Crippen molar-refractivity contribution in [3.05, 3.63) is 34.3 Å². The second-order valence-electron chi connectivity index (χ2n) is 5.80. The van der Waals surface area contributed by atoms with E-state index in [-0.39, 0.29) is 11.9 Å². The summed E-state index contributed by atoms with van der Waals surface area (Å²) in [6, 6.07) is 8.14. The zero-order chi connectivity index (χ0) is 14.5. The van der Waals surface area contributed by atoms with Gasteiger partial charge in [0.2, 0.25) is 5.91 Å². The average Bonchev–Trinajstić information content (AvgIpc) is 2.42. The quantitative estimate of drug-likeness (QED) is 0.912. The van der Waals surface area contributed by atoms with Crippen molar-refractivity contribution in [1.82, 2.24) is 10.2 Å². The third kappa shape index (κ3) is 4.60. The number of piperidine rings is 1. The number of amides is 1. The van der Waals surface area contributed by atoms with Gasteiger partial charge in [-0.05, 0) is 56.5 Å². The van der Waals surface area contributed by atoms with Gasteiger partial charge in [-0.15, -0.1) is 0 Å². The average molecular weight is 339 g/mol. The summed E-state index contributed by atoms with van der Waals surface area (Å²) in [4.78, 5) is 14.3. The lowest BCUT2D eigenvalue weighted by Crippen LogP contribution is -2.41. The van der Waals surface area contributed by atoms with Crippen molar-refractivity contribution in [3.63, 3.8) is 0 Å². The Morgan fingerprint density at radius 2 is 1.95 bits per heavy atom. The van der Waals surface area contributed by atoms with Crippen LogP contribution in [0.2, 0.25) is 0 Å². The number of carbonyl (C=O) groups excluding carboxylic acids is 1. The van der Waals surface area contributed by atoms with E-state index in [1.54, 1.807) is 0 Å². The van der Waals surface area contributed by atoms with E-state index in [9.17, 15) is 4.79 Å². The summed E-state index contributed by atoms with van der Waals surface area (Å²) in [5.41, 5.74) is 1.13. The summed E-state index contributed by atoms with van der Waals surface area (Å²) >= 11 is 3.42. The molecule has 1 fully saturated rings. The van der Waals surface area contributed by atoms with Crippen LogP contribution >= 0.6 is 15.9 Å². The third-order valence-corrected chi connectivity index (χ3v) is 4.52. The number of nitrogens with zero attached hydrogens (tertiary/aromatic N) is 1. The first-order chi connectivity index (χ1) is 9.54. The summed E-state index contributed by atoms with van der Waals surface area (Å²) < 4.78 is 1.06. The number of hydrogen-bond donors (Lipinski definition) is 1. The molecule has 0 saturated carbocycles. The minimum absolute atomic E-state index is 0.0549. The number of halogens is 1. The van der Waals surface area contributed by atoms with Crippen molar-refractivity contribution < 1.29 is 4.79 Å². The Kier molecular flexibility index (Phi) is 5.61. The predicted molar refractivity (Wildman–Crippen MR) is 85.5 cm³/mol. The van der Waals surface area contributed by atoms with Crippen LogP contribution in [0.4, 0.5) is 0 Å². The van der Waals surface area contributed by atoms with Gasteiger partial charge >= 0.3 is 0 Å². The lowest BCUT2D eigenvalue weighted by molar-refractivity contribution is -0.123. The van der Waals surface area contributed by atoms with Gasteiger partial charge in [0, 0.05) is 4.47 Å².